The van der Waals surface area contributed by atoms with Crippen molar-refractivity contribution in [3.8, 4) is 0 Å². The van der Waals surface area contributed by atoms with Gasteiger partial charge in [-0.3, -0.25) is 0 Å². The predicted molar refractivity (Wildman–Crippen MR) is 68.6 cm³/mol. The summed E-state index contributed by atoms with van der Waals surface area (Å²) in [6.45, 7) is 4.58. The van der Waals surface area contributed by atoms with Gasteiger partial charge in [0.2, 0.25) is 0 Å². The molecule has 2 aromatic carbocycles. The molecule has 2 aromatic rings. The van der Waals surface area contributed by atoms with Gasteiger partial charge in [0.1, 0.15) is 0 Å². The Hall–Kier alpha value is -1.34. The molecule has 1 nitrogen and oxygen atoms in total. The second kappa shape index (κ2) is 4.67. The molecule has 0 aliphatic rings. The van der Waals surface area contributed by atoms with E-state index in [1.54, 1.807) is 0 Å². The van der Waals surface area contributed by atoms with Crippen LogP contribution in [0.1, 0.15) is 37.3 Å². The lowest BCUT2D eigenvalue weighted by atomic mass is 9.95. The summed E-state index contributed by atoms with van der Waals surface area (Å²) in [7, 11) is 0. The number of benzene rings is 2. The topological polar surface area (TPSA) is 20.2 Å². The Bertz CT molecular complexity index is 488. The Morgan fingerprint density at radius 2 is 1.75 bits per heavy atom. The van der Waals surface area contributed by atoms with Gasteiger partial charge in [-0.15, -0.1) is 0 Å². The van der Waals surface area contributed by atoms with Crippen molar-refractivity contribution < 1.29 is 5.11 Å². The highest BCUT2D eigenvalue weighted by Gasteiger charge is 2.03. The van der Waals surface area contributed by atoms with Gasteiger partial charge in [-0.05, 0) is 40.3 Å². The van der Waals surface area contributed by atoms with E-state index in [0.717, 1.165) is 5.56 Å². The van der Waals surface area contributed by atoms with Gasteiger partial charge in [0.05, 0.1) is 6.61 Å². The van der Waals surface area contributed by atoms with Crippen molar-refractivity contribution in [1.82, 2.24) is 0 Å². The Morgan fingerprint density at radius 3 is 2.44 bits per heavy atom. The molecule has 0 radical (unpaired) electrons. The molecule has 2 rings (SSSR count). The molecule has 1 N–H and O–H groups in total. The number of rotatable bonds is 3. The van der Waals surface area contributed by atoms with E-state index < -0.39 is 0 Å². The second-order valence-electron chi connectivity index (χ2n) is 4.41. The zero-order chi connectivity index (χ0) is 11.5. The summed E-state index contributed by atoms with van der Waals surface area (Å²) in [4.78, 5) is 0. The van der Waals surface area contributed by atoms with E-state index in [2.05, 4.69) is 44.2 Å². The maximum Gasteiger partial charge on any atom is 0.0682 e. The minimum absolute atomic E-state index is 0.114. The molecule has 0 heterocycles. The smallest absolute Gasteiger partial charge is 0.0682 e. The summed E-state index contributed by atoms with van der Waals surface area (Å²) in [5.74, 6) is 0.613. The highest BCUT2D eigenvalue weighted by Crippen LogP contribution is 2.24. The highest BCUT2D eigenvalue weighted by atomic mass is 16.3. The third-order valence-corrected chi connectivity index (χ3v) is 3.29. The van der Waals surface area contributed by atoms with Crippen LogP contribution in [0.5, 0.6) is 0 Å². The van der Waals surface area contributed by atoms with Gasteiger partial charge >= 0.3 is 0 Å². The molecule has 0 fully saturated rings. The first-order chi connectivity index (χ1) is 7.74. The van der Waals surface area contributed by atoms with Gasteiger partial charge in [-0.1, -0.05) is 44.2 Å². The fourth-order valence-electron chi connectivity index (χ4n) is 1.95. The van der Waals surface area contributed by atoms with Crippen LogP contribution in [0.15, 0.2) is 36.4 Å². The summed E-state index contributed by atoms with van der Waals surface area (Å²) < 4.78 is 0. The van der Waals surface area contributed by atoms with Crippen molar-refractivity contribution in [2.24, 2.45) is 0 Å². The van der Waals surface area contributed by atoms with E-state index in [9.17, 15) is 0 Å². The van der Waals surface area contributed by atoms with Crippen LogP contribution in [-0.2, 0) is 6.61 Å². The van der Waals surface area contributed by atoms with Crippen molar-refractivity contribution in [2.45, 2.75) is 32.8 Å². The summed E-state index contributed by atoms with van der Waals surface area (Å²) >= 11 is 0. The maximum absolute atomic E-state index is 9.08. The monoisotopic (exact) mass is 214 g/mol. The zero-order valence-electron chi connectivity index (χ0n) is 9.90. The molecule has 1 atom stereocenters. The molecule has 0 saturated carbocycles. The lowest BCUT2D eigenvalue weighted by Crippen LogP contribution is -1.91. The number of aliphatic hydroxyl groups is 1. The largest absolute Gasteiger partial charge is 0.392 e. The van der Waals surface area contributed by atoms with Crippen molar-refractivity contribution >= 4 is 10.8 Å². The molecule has 16 heavy (non-hydrogen) atoms. The summed E-state index contributed by atoms with van der Waals surface area (Å²) in [5.41, 5.74) is 2.37. The molecule has 0 saturated heterocycles. The molecule has 0 amide bonds. The molecule has 1 unspecified atom stereocenters. The van der Waals surface area contributed by atoms with Gasteiger partial charge in [-0.2, -0.15) is 0 Å². The van der Waals surface area contributed by atoms with Gasteiger partial charge in [0, 0.05) is 0 Å². The Morgan fingerprint density at radius 1 is 1.06 bits per heavy atom. The molecule has 0 spiro atoms. The fourth-order valence-corrected chi connectivity index (χ4v) is 1.95. The molecule has 1 heteroatoms. The van der Waals surface area contributed by atoms with Crippen LogP contribution in [0.2, 0.25) is 0 Å². The number of hydrogen-bond acceptors (Lipinski definition) is 1. The van der Waals surface area contributed by atoms with E-state index >= 15 is 0 Å². The summed E-state index contributed by atoms with van der Waals surface area (Å²) in [6.07, 6.45) is 1.17. The SMILES string of the molecule is CCC(C)c1ccc2cc(CO)ccc2c1. The first kappa shape index (κ1) is 11.2. The Labute approximate surface area is 96.7 Å². The lowest BCUT2D eigenvalue weighted by molar-refractivity contribution is 0.282. The van der Waals surface area contributed by atoms with Crippen molar-refractivity contribution in [2.75, 3.05) is 0 Å². The fraction of sp³-hybridized carbons (Fsp3) is 0.333. The van der Waals surface area contributed by atoms with Crippen LogP contribution in [0.25, 0.3) is 10.8 Å². The van der Waals surface area contributed by atoms with Crippen LogP contribution in [0.3, 0.4) is 0 Å². The van der Waals surface area contributed by atoms with Crippen LogP contribution in [-0.4, -0.2) is 5.11 Å². The van der Waals surface area contributed by atoms with Gasteiger partial charge in [-0.25, -0.2) is 0 Å². The molecular formula is C15H18O. The number of hydrogen-bond donors (Lipinski definition) is 1. The van der Waals surface area contributed by atoms with E-state index in [0.29, 0.717) is 5.92 Å². The van der Waals surface area contributed by atoms with E-state index in [1.165, 1.54) is 22.8 Å². The summed E-state index contributed by atoms with van der Waals surface area (Å²) in [6, 6.07) is 12.7. The first-order valence-corrected chi connectivity index (χ1v) is 5.88. The third-order valence-electron chi connectivity index (χ3n) is 3.29. The molecule has 0 bridgehead atoms. The third kappa shape index (κ3) is 2.10. The van der Waals surface area contributed by atoms with Crippen molar-refractivity contribution in [1.29, 1.82) is 0 Å². The minimum atomic E-state index is 0.114. The molecule has 0 aromatic heterocycles. The maximum atomic E-state index is 9.08. The average Bonchev–Trinajstić information content (AvgIpc) is 2.36. The lowest BCUT2D eigenvalue weighted by Gasteiger charge is -2.10. The molecular weight excluding hydrogens is 196 g/mol. The van der Waals surface area contributed by atoms with Crippen molar-refractivity contribution in [3.05, 3.63) is 47.5 Å². The molecule has 84 valence electrons. The van der Waals surface area contributed by atoms with Crippen LogP contribution >= 0.6 is 0 Å². The van der Waals surface area contributed by atoms with Crippen LogP contribution < -0.4 is 0 Å². The Balaban J connectivity index is 2.47. The normalized spacial score (nSPS) is 12.9. The minimum Gasteiger partial charge on any atom is -0.392 e. The molecule has 0 aliphatic carbocycles. The highest BCUT2D eigenvalue weighted by molar-refractivity contribution is 5.83. The Kier molecular flexibility index (Phi) is 3.25. The number of aliphatic hydroxyl groups excluding tert-OH is 1. The zero-order valence-corrected chi connectivity index (χ0v) is 9.90. The van der Waals surface area contributed by atoms with E-state index in [1.807, 2.05) is 6.07 Å². The van der Waals surface area contributed by atoms with E-state index in [-0.39, 0.29) is 6.61 Å². The second-order valence-corrected chi connectivity index (χ2v) is 4.41. The standard InChI is InChI=1S/C15H18O/c1-3-11(2)13-6-7-14-8-12(10-16)4-5-15(14)9-13/h4-9,11,16H,3,10H2,1-2H3. The summed E-state index contributed by atoms with van der Waals surface area (Å²) in [5, 5.41) is 11.5. The predicted octanol–water partition coefficient (Wildman–Crippen LogP) is 3.85. The number of fused-ring (bicyclic) bond motifs is 1. The quantitative estimate of drug-likeness (QED) is 0.823. The van der Waals surface area contributed by atoms with E-state index in [4.69, 9.17) is 5.11 Å². The first-order valence-electron chi connectivity index (χ1n) is 5.88. The average molecular weight is 214 g/mol. The van der Waals surface area contributed by atoms with Gasteiger partial charge < -0.3 is 5.11 Å². The van der Waals surface area contributed by atoms with Gasteiger partial charge in [0.15, 0.2) is 0 Å². The van der Waals surface area contributed by atoms with Crippen LogP contribution in [0, 0.1) is 0 Å². The van der Waals surface area contributed by atoms with Crippen LogP contribution in [0.4, 0.5) is 0 Å². The van der Waals surface area contributed by atoms with Gasteiger partial charge in [0.25, 0.3) is 0 Å². The van der Waals surface area contributed by atoms with Crippen molar-refractivity contribution in [3.63, 3.8) is 0 Å². The molecule has 0 aliphatic heterocycles.